The molecule has 4 aromatic carbocycles. The van der Waals surface area contributed by atoms with Gasteiger partial charge >= 0.3 is 12.0 Å². The van der Waals surface area contributed by atoms with Gasteiger partial charge in [-0.05, 0) is 72.7 Å². The molecule has 306 valence electrons. The Bertz CT molecular complexity index is 2330. The van der Waals surface area contributed by atoms with Crippen LogP contribution in [-0.2, 0) is 21.2 Å². The van der Waals surface area contributed by atoms with Crippen LogP contribution in [0.2, 0.25) is 0 Å². The van der Waals surface area contributed by atoms with Gasteiger partial charge in [-0.2, -0.15) is 0 Å². The number of nitrogens with two attached hydrogens (primary N) is 2. The molecule has 0 aliphatic heterocycles. The van der Waals surface area contributed by atoms with Crippen molar-refractivity contribution in [1.29, 1.82) is 0 Å². The quantitative estimate of drug-likeness (QED) is 0.0511. The molecule has 1 heterocycles. The summed E-state index contributed by atoms with van der Waals surface area (Å²) in [4.78, 5) is 43.0. The second-order valence-corrected chi connectivity index (χ2v) is 15.5. The number of unbranched alkanes of at least 4 members (excludes halogenated alkanes) is 1. The maximum Gasteiger partial charge on any atom is 0.324 e. The summed E-state index contributed by atoms with van der Waals surface area (Å²) in [5.74, 6) is 0.694. The number of nitrogens with zero attached hydrogens (tertiary/aromatic N) is 2. The van der Waals surface area contributed by atoms with Crippen LogP contribution in [0.3, 0.4) is 0 Å². The molecule has 15 nitrogen and oxygen atoms in total. The highest BCUT2D eigenvalue weighted by Crippen LogP contribution is 2.46. The van der Waals surface area contributed by atoms with Crippen molar-refractivity contribution in [3.05, 3.63) is 96.2 Å². The number of benzene rings is 4. The van der Waals surface area contributed by atoms with Gasteiger partial charge in [0.05, 0.1) is 36.8 Å². The second kappa shape index (κ2) is 18.7. The summed E-state index contributed by atoms with van der Waals surface area (Å²) in [6.07, 6.45) is 4.56. The van der Waals surface area contributed by atoms with Crippen LogP contribution < -0.4 is 45.9 Å². The number of primary amides is 1. The smallest absolute Gasteiger partial charge is 0.324 e. The first-order chi connectivity index (χ1) is 27.6. The van der Waals surface area contributed by atoms with Crippen molar-refractivity contribution in [2.45, 2.75) is 51.5 Å². The highest BCUT2D eigenvalue weighted by Gasteiger charge is 2.28. The van der Waals surface area contributed by atoms with Gasteiger partial charge in [0, 0.05) is 47.6 Å². The topological polar surface area (TPSA) is 220 Å². The molecular weight excluding hydrogens is 763 g/mol. The fraction of sp³-hybridized carbons (Fsp3) is 0.286. The zero-order valence-corrected chi connectivity index (χ0v) is 34.1. The Morgan fingerprint density at radius 3 is 2.31 bits per heavy atom. The van der Waals surface area contributed by atoms with Crippen molar-refractivity contribution >= 4 is 68.2 Å². The van der Waals surface area contributed by atoms with Crippen LogP contribution in [-0.4, -0.2) is 65.3 Å². The van der Waals surface area contributed by atoms with E-state index in [1.165, 1.54) is 25.4 Å². The zero-order chi connectivity index (χ0) is 42.1. The number of ether oxygens (including phenoxy) is 3. The lowest BCUT2D eigenvalue weighted by Gasteiger charge is -2.29. The van der Waals surface area contributed by atoms with E-state index >= 15 is 0 Å². The van der Waals surface area contributed by atoms with Crippen molar-refractivity contribution in [3.63, 3.8) is 0 Å². The summed E-state index contributed by atoms with van der Waals surface area (Å²) in [6.45, 7) is 6.46. The number of rotatable bonds is 17. The monoisotopic (exact) mass is 811 g/mol. The number of hydrogen-bond acceptors (Lipinski definition) is 10. The van der Waals surface area contributed by atoms with Crippen LogP contribution in [0.1, 0.15) is 56.0 Å². The number of anilines is 5. The Hall–Kier alpha value is -6.39. The number of pyridine rings is 1. The third-order valence-electron chi connectivity index (χ3n) is 9.18. The third-order valence-corrected chi connectivity index (χ3v) is 9.69. The molecule has 58 heavy (non-hydrogen) atoms. The van der Waals surface area contributed by atoms with Crippen LogP contribution in [0.15, 0.2) is 85.1 Å². The molecule has 0 saturated heterocycles. The average molecular weight is 812 g/mol. The number of carbonyl (C=O) groups is 3. The van der Waals surface area contributed by atoms with E-state index in [-0.39, 0.29) is 11.3 Å². The van der Waals surface area contributed by atoms with Gasteiger partial charge in [0.25, 0.3) is 5.91 Å². The molecule has 3 amide bonds. The summed E-state index contributed by atoms with van der Waals surface area (Å²) in [6, 6.07) is 21.5. The minimum atomic E-state index is -1.43. The molecule has 8 N–H and O–H groups in total. The molecule has 0 spiro atoms. The van der Waals surface area contributed by atoms with Crippen molar-refractivity contribution in [3.8, 4) is 23.0 Å². The molecule has 0 fully saturated rings. The molecule has 16 heteroatoms. The first kappa shape index (κ1) is 42.7. The highest BCUT2D eigenvalue weighted by atomic mass is 32.2. The fourth-order valence-electron chi connectivity index (χ4n) is 6.25. The van der Waals surface area contributed by atoms with Gasteiger partial charge in [-0.3, -0.25) is 14.5 Å². The summed E-state index contributed by atoms with van der Waals surface area (Å²) in [7, 11) is 1.52. The molecule has 5 rings (SSSR count). The minimum absolute atomic E-state index is 0.298. The predicted molar refractivity (Wildman–Crippen MR) is 227 cm³/mol. The van der Waals surface area contributed by atoms with Crippen molar-refractivity contribution in [2.24, 2.45) is 11.5 Å². The number of aromatic nitrogens is 1. The van der Waals surface area contributed by atoms with Gasteiger partial charge in [-0.1, -0.05) is 45.0 Å². The van der Waals surface area contributed by atoms with E-state index in [4.69, 9.17) is 30.8 Å². The number of carbonyl (C=O) groups excluding carboxylic acids is 2. The highest BCUT2D eigenvalue weighted by molar-refractivity contribution is 7.85. The summed E-state index contributed by atoms with van der Waals surface area (Å²) in [5.41, 5.74) is 14.4. The fourth-order valence-corrected chi connectivity index (χ4v) is 6.71. The molecule has 0 aliphatic rings. The van der Waals surface area contributed by atoms with Gasteiger partial charge < -0.3 is 46.1 Å². The lowest BCUT2D eigenvalue weighted by atomic mass is 9.86. The molecule has 0 saturated carbocycles. The van der Waals surface area contributed by atoms with E-state index in [1.807, 2.05) is 57.2 Å². The zero-order valence-electron chi connectivity index (χ0n) is 33.3. The van der Waals surface area contributed by atoms with Gasteiger partial charge in [0.2, 0.25) is 0 Å². The van der Waals surface area contributed by atoms with Gasteiger partial charge in [0.15, 0.2) is 5.75 Å². The maximum absolute atomic E-state index is 13.4. The summed E-state index contributed by atoms with van der Waals surface area (Å²) < 4.78 is 33.0. The van der Waals surface area contributed by atoms with E-state index in [2.05, 4.69) is 20.3 Å². The number of carboxylic acids is 1. The number of carboxylic acid groups (broad SMARTS) is 1. The molecular formula is C42H49N7O8S. The number of methoxy groups -OCH3 is 2. The van der Waals surface area contributed by atoms with Crippen LogP contribution >= 0.6 is 0 Å². The summed E-state index contributed by atoms with van der Waals surface area (Å²) in [5, 5.41) is 16.4. The summed E-state index contributed by atoms with van der Waals surface area (Å²) >= 11 is 0. The molecule has 5 aromatic rings. The number of nitrogens with one attached hydrogen (secondary N) is 3. The number of hydrogen-bond donors (Lipinski definition) is 6. The van der Waals surface area contributed by atoms with Crippen LogP contribution in [0.5, 0.6) is 23.0 Å². The van der Waals surface area contributed by atoms with Crippen molar-refractivity contribution in [1.82, 2.24) is 10.3 Å². The molecule has 0 radical (unpaired) electrons. The van der Waals surface area contributed by atoms with E-state index in [0.717, 1.165) is 5.56 Å². The van der Waals surface area contributed by atoms with Gasteiger partial charge in [-0.25, -0.2) is 14.0 Å². The SMILES string of the molecule is COc1cc(Nc2cc(Oc3ccc(N(C(N)=O)c4cc(C(C)(C)C)cc(NS(C)=O)c4OC)c4ccccc34)ccn2)ccc1C(=O)NCCCC[C@@H](N)C(=O)O. The first-order valence-corrected chi connectivity index (χ1v) is 20.0. The van der Waals surface area contributed by atoms with Crippen LogP contribution in [0.25, 0.3) is 10.8 Å². The van der Waals surface area contributed by atoms with Gasteiger partial charge in [0.1, 0.15) is 40.1 Å². The minimum Gasteiger partial charge on any atom is -0.496 e. The van der Waals surface area contributed by atoms with Crippen molar-refractivity contribution < 1.29 is 37.9 Å². The molecule has 1 aromatic heterocycles. The molecule has 0 bridgehead atoms. The Morgan fingerprint density at radius 2 is 1.66 bits per heavy atom. The lowest BCUT2D eigenvalue weighted by Crippen LogP contribution is -2.32. The number of fused-ring (bicyclic) bond motifs is 1. The Morgan fingerprint density at radius 1 is 0.914 bits per heavy atom. The second-order valence-electron chi connectivity index (χ2n) is 14.4. The van der Waals surface area contributed by atoms with E-state index in [0.29, 0.717) is 93.7 Å². The van der Waals surface area contributed by atoms with Crippen molar-refractivity contribution in [2.75, 3.05) is 42.0 Å². The van der Waals surface area contributed by atoms with E-state index < -0.39 is 29.0 Å². The molecule has 1 unspecified atom stereocenters. The average Bonchev–Trinajstić information content (AvgIpc) is 3.17. The Kier molecular flexibility index (Phi) is 13.8. The Labute approximate surface area is 339 Å². The van der Waals surface area contributed by atoms with Crippen LogP contribution in [0, 0.1) is 0 Å². The standard InChI is InChI=1S/C42H49N7O8S/c1-42(2,3)25-21-32(48-58(6)54)38(56-5)34(22-25)49(41(44)53)33-16-17-35(29-12-8-7-11-28(29)33)57-27-18-20-45-37(24-27)47-26-14-15-30(36(23-26)55-4)39(50)46-19-10-9-13-31(43)40(51)52/h7-8,11-12,14-18,20-24,31,48H,9-10,13,19,43H2,1-6H3,(H2,44,53)(H,45,47)(H,46,50)(H,51,52)/t31-,58?/m1/s1. The van der Waals surface area contributed by atoms with E-state index in [9.17, 15) is 18.6 Å². The third kappa shape index (κ3) is 10.3. The predicted octanol–water partition coefficient (Wildman–Crippen LogP) is 7.32. The first-order valence-electron chi connectivity index (χ1n) is 18.4. The van der Waals surface area contributed by atoms with E-state index in [1.54, 1.807) is 48.7 Å². The largest absolute Gasteiger partial charge is 0.496 e. The normalized spacial score (nSPS) is 12.3. The lowest BCUT2D eigenvalue weighted by molar-refractivity contribution is -0.138. The Balaban J connectivity index is 1.39. The van der Waals surface area contributed by atoms with Gasteiger partial charge in [-0.15, -0.1) is 0 Å². The maximum atomic E-state index is 13.4. The molecule has 2 atom stereocenters. The molecule has 0 aliphatic carbocycles. The number of aliphatic carboxylic acids is 1. The number of amides is 3. The van der Waals surface area contributed by atoms with Crippen LogP contribution in [0.4, 0.5) is 33.4 Å². The number of urea groups is 1.